The Morgan fingerprint density at radius 2 is 2.18 bits per heavy atom. The highest BCUT2D eigenvalue weighted by Gasteiger charge is 2.21. The number of hydrogen-bond donors (Lipinski definition) is 2. The largest absolute Gasteiger partial charge is 0.373 e. The Hall–Kier alpha value is -2.18. The van der Waals surface area contributed by atoms with Crippen molar-refractivity contribution >= 4 is 17.4 Å². The minimum Gasteiger partial charge on any atom is -0.373 e. The number of anilines is 1. The smallest absolute Gasteiger partial charge is 0.300 e. The highest BCUT2D eigenvalue weighted by molar-refractivity contribution is 5.98. The van der Waals surface area contributed by atoms with Gasteiger partial charge in [0.1, 0.15) is 17.6 Å². The molecule has 0 spiro atoms. The summed E-state index contributed by atoms with van der Waals surface area (Å²) in [6.07, 6.45) is 1.07. The fourth-order valence-corrected chi connectivity index (χ4v) is 1.25. The molecule has 0 aromatic carbocycles. The number of nitrogens with one attached hydrogen (secondary N) is 2. The van der Waals surface area contributed by atoms with Gasteiger partial charge in [0, 0.05) is 19.2 Å². The summed E-state index contributed by atoms with van der Waals surface area (Å²) < 4.78 is 0. The van der Waals surface area contributed by atoms with Crippen LogP contribution >= 0.6 is 0 Å². The molecule has 17 heavy (non-hydrogen) atoms. The third kappa shape index (κ3) is 3.13. The van der Waals surface area contributed by atoms with Crippen LogP contribution in [-0.2, 0) is 0 Å². The zero-order valence-electron chi connectivity index (χ0n) is 9.85. The number of nitro groups is 1. The standard InChI is InChI=1S/C10H14N4O3/c1-6(2)13-10(15)7-4-9(11-3)12-5-8(7)14(16)17/h4-6H,1-3H3,(H,11,12)(H,13,15). The number of rotatable bonds is 4. The van der Waals surface area contributed by atoms with Gasteiger partial charge >= 0.3 is 0 Å². The minimum atomic E-state index is -0.623. The van der Waals surface area contributed by atoms with Crippen LogP contribution in [0, 0.1) is 10.1 Å². The van der Waals surface area contributed by atoms with Crippen molar-refractivity contribution in [3.63, 3.8) is 0 Å². The summed E-state index contributed by atoms with van der Waals surface area (Å²) in [5.41, 5.74) is -0.301. The second kappa shape index (κ2) is 5.24. The van der Waals surface area contributed by atoms with Crippen molar-refractivity contribution in [3.8, 4) is 0 Å². The summed E-state index contributed by atoms with van der Waals surface area (Å²) in [4.78, 5) is 25.7. The van der Waals surface area contributed by atoms with Gasteiger partial charge in [-0.1, -0.05) is 0 Å². The Bertz CT molecular complexity index is 445. The van der Waals surface area contributed by atoms with Crippen LogP contribution in [0.2, 0.25) is 0 Å². The van der Waals surface area contributed by atoms with E-state index in [0.717, 1.165) is 6.20 Å². The second-order valence-corrected chi connectivity index (χ2v) is 3.72. The van der Waals surface area contributed by atoms with Gasteiger partial charge in [-0.25, -0.2) is 4.98 Å². The average Bonchev–Trinajstić information content (AvgIpc) is 2.27. The topological polar surface area (TPSA) is 97.2 Å². The van der Waals surface area contributed by atoms with Crippen molar-refractivity contribution in [2.75, 3.05) is 12.4 Å². The lowest BCUT2D eigenvalue weighted by atomic mass is 10.2. The summed E-state index contributed by atoms with van der Waals surface area (Å²) in [6.45, 7) is 3.56. The maximum atomic E-state index is 11.8. The lowest BCUT2D eigenvalue weighted by Crippen LogP contribution is -2.30. The molecular formula is C10H14N4O3. The van der Waals surface area contributed by atoms with Crippen molar-refractivity contribution in [3.05, 3.63) is 27.9 Å². The van der Waals surface area contributed by atoms with Crippen molar-refractivity contribution in [1.82, 2.24) is 10.3 Å². The van der Waals surface area contributed by atoms with E-state index in [2.05, 4.69) is 15.6 Å². The normalized spacial score (nSPS) is 10.1. The van der Waals surface area contributed by atoms with E-state index in [-0.39, 0.29) is 17.3 Å². The van der Waals surface area contributed by atoms with Gasteiger partial charge in [0.05, 0.1) is 4.92 Å². The molecule has 1 aromatic rings. The molecule has 0 radical (unpaired) electrons. The lowest BCUT2D eigenvalue weighted by molar-refractivity contribution is -0.385. The van der Waals surface area contributed by atoms with Gasteiger partial charge in [-0.05, 0) is 13.8 Å². The predicted octanol–water partition coefficient (Wildman–Crippen LogP) is 1.17. The van der Waals surface area contributed by atoms with E-state index in [1.807, 2.05) is 0 Å². The van der Waals surface area contributed by atoms with Gasteiger partial charge in [0.2, 0.25) is 0 Å². The third-order valence-electron chi connectivity index (χ3n) is 2.00. The van der Waals surface area contributed by atoms with Crippen LogP contribution in [0.25, 0.3) is 0 Å². The zero-order valence-corrected chi connectivity index (χ0v) is 9.85. The molecule has 0 bridgehead atoms. The molecule has 92 valence electrons. The first kappa shape index (κ1) is 12.9. The highest BCUT2D eigenvalue weighted by Crippen LogP contribution is 2.20. The summed E-state index contributed by atoms with van der Waals surface area (Å²) in [5, 5.41) is 16.1. The lowest BCUT2D eigenvalue weighted by Gasteiger charge is -2.09. The summed E-state index contributed by atoms with van der Waals surface area (Å²) in [5.74, 6) is -0.0740. The van der Waals surface area contributed by atoms with Gasteiger partial charge in [0.15, 0.2) is 0 Å². The molecule has 0 aliphatic heterocycles. The molecule has 1 rings (SSSR count). The van der Waals surface area contributed by atoms with Gasteiger partial charge in [-0.2, -0.15) is 0 Å². The van der Waals surface area contributed by atoms with Gasteiger partial charge < -0.3 is 10.6 Å². The van der Waals surface area contributed by atoms with Crippen molar-refractivity contribution in [1.29, 1.82) is 0 Å². The van der Waals surface area contributed by atoms with Crippen LogP contribution in [0.3, 0.4) is 0 Å². The maximum Gasteiger partial charge on any atom is 0.300 e. The van der Waals surface area contributed by atoms with E-state index in [1.54, 1.807) is 20.9 Å². The third-order valence-corrected chi connectivity index (χ3v) is 2.00. The molecule has 1 amide bonds. The molecule has 0 atom stereocenters. The van der Waals surface area contributed by atoms with E-state index >= 15 is 0 Å². The zero-order chi connectivity index (χ0) is 13.0. The van der Waals surface area contributed by atoms with E-state index in [9.17, 15) is 14.9 Å². The average molecular weight is 238 g/mol. The molecule has 0 aliphatic rings. The first-order valence-corrected chi connectivity index (χ1v) is 5.08. The Labute approximate surface area is 98.4 Å². The quantitative estimate of drug-likeness (QED) is 0.606. The molecule has 0 fully saturated rings. The molecule has 0 saturated heterocycles. The van der Waals surface area contributed by atoms with E-state index in [4.69, 9.17) is 0 Å². The summed E-state index contributed by atoms with van der Waals surface area (Å²) >= 11 is 0. The first-order chi connectivity index (χ1) is 7.95. The number of nitrogens with zero attached hydrogens (tertiary/aromatic N) is 2. The number of pyridine rings is 1. The molecule has 1 heterocycles. The van der Waals surface area contributed by atoms with Crippen molar-refractivity contribution in [2.24, 2.45) is 0 Å². The van der Waals surface area contributed by atoms with Gasteiger partial charge in [-0.15, -0.1) is 0 Å². The van der Waals surface area contributed by atoms with Crippen LogP contribution in [0.5, 0.6) is 0 Å². The summed E-state index contributed by atoms with van der Waals surface area (Å²) in [7, 11) is 1.62. The monoisotopic (exact) mass is 238 g/mol. The SMILES string of the molecule is CNc1cc(C(=O)NC(C)C)c([N+](=O)[O-])cn1. The van der Waals surface area contributed by atoms with E-state index in [1.165, 1.54) is 6.07 Å². The number of carbonyl (C=O) groups is 1. The predicted molar refractivity (Wildman–Crippen MR) is 63.0 cm³/mol. The Balaban J connectivity index is 3.17. The number of aromatic nitrogens is 1. The molecular weight excluding hydrogens is 224 g/mol. The Morgan fingerprint density at radius 1 is 1.53 bits per heavy atom. The van der Waals surface area contributed by atoms with E-state index in [0.29, 0.717) is 5.82 Å². The fourth-order valence-electron chi connectivity index (χ4n) is 1.25. The van der Waals surface area contributed by atoms with Crippen LogP contribution in [0.15, 0.2) is 12.3 Å². The van der Waals surface area contributed by atoms with E-state index < -0.39 is 10.8 Å². The molecule has 0 unspecified atom stereocenters. The fraction of sp³-hybridized carbons (Fsp3) is 0.400. The Kier molecular flexibility index (Phi) is 3.97. The van der Waals surface area contributed by atoms with Crippen molar-refractivity contribution < 1.29 is 9.72 Å². The van der Waals surface area contributed by atoms with Crippen LogP contribution in [0.4, 0.5) is 11.5 Å². The number of amides is 1. The molecule has 0 saturated carbocycles. The van der Waals surface area contributed by atoms with Crippen LogP contribution in [0.1, 0.15) is 24.2 Å². The molecule has 0 aliphatic carbocycles. The molecule has 7 nitrogen and oxygen atoms in total. The number of carbonyl (C=O) groups excluding carboxylic acids is 1. The molecule has 1 aromatic heterocycles. The number of hydrogen-bond acceptors (Lipinski definition) is 5. The molecule has 7 heteroatoms. The highest BCUT2D eigenvalue weighted by atomic mass is 16.6. The van der Waals surface area contributed by atoms with Crippen LogP contribution in [-0.4, -0.2) is 28.9 Å². The van der Waals surface area contributed by atoms with Crippen LogP contribution < -0.4 is 10.6 Å². The minimum absolute atomic E-state index is 0.00282. The van der Waals surface area contributed by atoms with Gasteiger partial charge in [-0.3, -0.25) is 14.9 Å². The Morgan fingerprint density at radius 3 is 2.65 bits per heavy atom. The first-order valence-electron chi connectivity index (χ1n) is 5.08. The molecule has 2 N–H and O–H groups in total. The summed E-state index contributed by atoms with van der Waals surface area (Å²) in [6, 6.07) is 1.27. The van der Waals surface area contributed by atoms with Gasteiger partial charge in [0.25, 0.3) is 11.6 Å². The van der Waals surface area contributed by atoms with Crippen molar-refractivity contribution in [2.45, 2.75) is 19.9 Å². The maximum absolute atomic E-state index is 11.8. The second-order valence-electron chi connectivity index (χ2n) is 3.72.